The Hall–Kier alpha value is -2.42. The fraction of sp³-hybridized carbons (Fsp3) is 0. The second-order valence-electron chi connectivity index (χ2n) is 5.94. The zero-order valence-corrected chi connectivity index (χ0v) is 14.1. The maximum atomic E-state index is 12.8. The zero-order chi connectivity index (χ0) is 16.3. The Morgan fingerprint density at radius 3 is 2.38 bits per heavy atom. The Kier molecular flexibility index (Phi) is 2.93. The van der Waals surface area contributed by atoms with Crippen molar-refractivity contribution in [2.75, 3.05) is 0 Å². The van der Waals surface area contributed by atoms with Crippen molar-refractivity contribution >= 4 is 64.7 Å². The van der Waals surface area contributed by atoms with Crippen molar-refractivity contribution in [1.29, 1.82) is 0 Å². The lowest BCUT2D eigenvalue weighted by molar-refractivity contribution is 1.76. The SMILES string of the molecule is O=c1c2ccccc2sc2cc3cc4cccc(Cl)c4cc3cc12. The minimum Gasteiger partial charge on any atom is -0.289 e. The van der Waals surface area contributed by atoms with Crippen LogP contribution < -0.4 is 5.43 Å². The van der Waals surface area contributed by atoms with Gasteiger partial charge in [-0.15, -0.1) is 11.3 Å². The summed E-state index contributed by atoms with van der Waals surface area (Å²) in [6.07, 6.45) is 0. The van der Waals surface area contributed by atoms with E-state index < -0.39 is 0 Å². The van der Waals surface area contributed by atoms with Gasteiger partial charge in [-0.3, -0.25) is 4.79 Å². The Morgan fingerprint density at radius 1 is 0.667 bits per heavy atom. The van der Waals surface area contributed by atoms with Crippen molar-refractivity contribution < 1.29 is 0 Å². The Labute approximate surface area is 146 Å². The molecule has 0 unspecified atom stereocenters. The summed E-state index contributed by atoms with van der Waals surface area (Å²) in [5.74, 6) is 0. The van der Waals surface area contributed by atoms with E-state index in [9.17, 15) is 4.79 Å². The van der Waals surface area contributed by atoms with Gasteiger partial charge in [0.25, 0.3) is 0 Å². The first-order chi connectivity index (χ1) is 11.7. The quantitative estimate of drug-likeness (QED) is 0.297. The molecule has 0 atom stereocenters. The topological polar surface area (TPSA) is 17.1 Å². The molecule has 0 saturated heterocycles. The zero-order valence-electron chi connectivity index (χ0n) is 12.5. The molecule has 0 N–H and O–H groups in total. The van der Waals surface area contributed by atoms with E-state index in [0.717, 1.165) is 46.7 Å². The lowest BCUT2D eigenvalue weighted by atomic mass is 10.0. The Bertz CT molecular complexity index is 1330. The fourth-order valence-corrected chi connectivity index (χ4v) is 4.62. The summed E-state index contributed by atoms with van der Waals surface area (Å²) in [5.41, 5.74) is 0.0977. The Balaban J connectivity index is 1.99. The molecule has 0 amide bonds. The predicted octanol–water partition coefficient (Wildman–Crippen LogP) is 6.37. The number of benzene rings is 4. The van der Waals surface area contributed by atoms with Gasteiger partial charge in [0.15, 0.2) is 5.43 Å². The molecule has 0 aliphatic rings. The van der Waals surface area contributed by atoms with Gasteiger partial charge < -0.3 is 0 Å². The molecule has 0 saturated carbocycles. The smallest absolute Gasteiger partial charge is 0.195 e. The van der Waals surface area contributed by atoms with Gasteiger partial charge in [0.2, 0.25) is 0 Å². The molecule has 5 aromatic rings. The monoisotopic (exact) mass is 346 g/mol. The molecule has 114 valence electrons. The molecule has 24 heavy (non-hydrogen) atoms. The summed E-state index contributed by atoms with van der Waals surface area (Å²) in [5, 5.41) is 6.60. The van der Waals surface area contributed by atoms with Gasteiger partial charge in [-0.05, 0) is 58.6 Å². The summed E-state index contributed by atoms with van der Waals surface area (Å²) in [4.78, 5) is 12.8. The number of fused-ring (bicyclic) bond motifs is 4. The van der Waals surface area contributed by atoms with Crippen LogP contribution >= 0.6 is 22.9 Å². The second kappa shape index (κ2) is 5.04. The molecule has 3 heteroatoms. The molecular weight excluding hydrogens is 336 g/mol. The minimum atomic E-state index is 0.0977. The van der Waals surface area contributed by atoms with Crippen LogP contribution in [-0.2, 0) is 0 Å². The van der Waals surface area contributed by atoms with Gasteiger partial charge in [-0.25, -0.2) is 0 Å². The summed E-state index contributed by atoms with van der Waals surface area (Å²) in [6.45, 7) is 0. The fourth-order valence-electron chi connectivity index (χ4n) is 3.29. The lowest BCUT2D eigenvalue weighted by Crippen LogP contribution is -2.00. The van der Waals surface area contributed by atoms with E-state index in [1.54, 1.807) is 11.3 Å². The highest BCUT2D eigenvalue weighted by Gasteiger charge is 2.08. The van der Waals surface area contributed by atoms with Crippen molar-refractivity contribution in [1.82, 2.24) is 0 Å². The summed E-state index contributed by atoms with van der Waals surface area (Å²) in [6, 6.07) is 22.0. The van der Waals surface area contributed by atoms with Crippen LogP contribution in [0.25, 0.3) is 41.7 Å². The van der Waals surface area contributed by atoms with Crippen LogP contribution in [0.2, 0.25) is 5.02 Å². The first-order valence-corrected chi connectivity index (χ1v) is 8.88. The van der Waals surface area contributed by atoms with Crippen LogP contribution in [0.5, 0.6) is 0 Å². The van der Waals surface area contributed by atoms with E-state index in [0.29, 0.717) is 0 Å². The van der Waals surface area contributed by atoms with Crippen LogP contribution in [0.1, 0.15) is 0 Å². The van der Waals surface area contributed by atoms with Crippen molar-refractivity contribution in [2.24, 2.45) is 0 Å². The molecular formula is C21H11ClOS. The summed E-state index contributed by atoms with van der Waals surface area (Å²) >= 11 is 7.99. The van der Waals surface area contributed by atoms with Crippen LogP contribution in [-0.4, -0.2) is 0 Å². The Morgan fingerprint density at radius 2 is 1.46 bits per heavy atom. The average molecular weight is 347 g/mol. The van der Waals surface area contributed by atoms with Crippen molar-refractivity contribution in [2.45, 2.75) is 0 Å². The number of rotatable bonds is 0. The number of hydrogen-bond acceptors (Lipinski definition) is 2. The largest absolute Gasteiger partial charge is 0.289 e. The lowest BCUT2D eigenvalue weighted by Gasteiger charge is -2.07. The molecule has 1 heterocycles. The predicted molar refractivity (Wildman–Crippen MR) is 106 cm³/mol. The van der Waals surface area contributed by atoms with Crippen molar-refractivity contribution in [3.05, 3.63) is 82.0 Å². The van der Waals surface area contributed by atoms with Gasteiger partial charge in [0.1, 0.15) is 0 Å². The third kappa shape index (κ3) is 1.97. The molecule has 4 aromatic carbocycles. The highest BCUT2D eigenvalue weighted by atomic mass is 35.5. The number of hydrogen-bond donors (Lipinski definition) is 0. The van der Waals surface area contributed by atoms with Gasteiger partial charge in [0, 0.05) is 30.6 Å². The minimum absolute atomic E-state index is 0.0977. The maximum absolute atomic E-state index is 12.8. The molecule has 0 radical (unpaired) electrons. The van der Waals surface area contributed by atoms with Crippen LogP contribution in [0, 0.1) is 0 Å². The van der Waals surface area contributed by atoms with E-state index in [2.05, 4.69) is 24.3 Å². The van der Waals surface area contributed by atoms with Gasteiger partial charge in [-0.2, -0.15) is 0 Å². The van der Waals surface area contributed by atoms with E-state index in [1.165, 1.54) is 0 Å². The average Bonchev–Trinajstić information content (AvgIpc) is 2.60. The molecule has 0 bridgehead atoms. The summed E-state index contributed by atoms with van der Waals surface area (Å²) in [7, 11) is 0. The first kappa shape index (κ1) is 14.0. The van der Waals surface area contributed by atoms with Crippen LogP contribution in [0.3, 0.4) is 0 Å². The van der Waals surface area contributed by atoms with Gasteiger partial charge >= 0.3 is 0 Å². The molecule has 0 aliphatic heterocycles. The number of halogens is 1. The standard InChI is InChI=1S/C21H11ClOS/c22-18-6-3-4-12-8-13-11-20-17(10-14(13)9-16(12)18)21(23)15-5-1-2-7-19(15)24-20/h1-11H. The van der Waals surface area contributed by atoms with Crippen molar-refractivity contribution in [3.63, 3.8) is 0 Å². The van der Waals surface area contributed by atoms with Crippen molar-refractivity contribution in [3.8, 4) is 0 Å². The molecule has 1 nitrogen and oxygen atoms in total. The summed E-state index contributed by atoms with van der Waals surface area (Å²) < 4.78 is 2.05. The van der Waals surface area contributed by atoms with Gasteiger partial charge in [-0.1, -0.05) is 35.9 Å². The van der Waals surface area contributed by atoms with Crippen LogP contribution in [0.4, 0.5) is 0 Å². The maximum Gasteiger partial charge on any atom is 0.195 e. The normalized spacial score (nSPS) is 11.7. The van der Waals surface area contributed by atoms with E-state index in [1.807, 2.05) is 42.5 Å². The molecule has 1 aromatic heterocycles. The van der Waals surface area contributed by atoms with Gasteiger partial charge in [0.05, 0.1) is 0 Å². The second-order valence-corrected chi connectivity index (χ2v) is 7.43. The third-order valence-corrected chi connectivity index (χ3v) is 5.94. The molecule has 5 rings (SSSR count). The van der Waals surface area contributed by atoms with E-state index >= 15 is 0 Å². The highest BCUT2D eigenvalue weighted by molar-refractivity contribution is 7.24. The van der Waals surface area contributed by atoms with E-state index in [-0.39, 0.29) is 5.43 Å². The highest BCUT2D eigenvalue weighted by Crippen LogP contribution is 2.32. The molecule has 0 spiro atoms. The first-order valence-electron chi connectivity index (χ1n) is 7.68. The van der Waals surface area contributed by atoms with E-state index in [4.69, 9.17) is 11.6 Å². The van der Waals surface area contributed by atoms with Crippen LogP contribution in [0.15, 0.2) is 71.5 Å². The molecule has 0 fully saturated rings. The molecule has 0 aliphatic carbocycles. The third-order valence-electron chi connectivity index (χ3n) is 4.48.